The minimum Gasteiger partial charge on any atom is -0.467 e. The number of thioether (sulfide) groups is 1. The van der Waals surface area contributed by atoms with Crippen LogP contribution < -0.4 is 5.56 Å². The Balaban J connectivity index is 1.77. The highest BCUT2D eigenvalue weighted by molar-refractivity contribution is 7.98. The summed E-state index contributed by atoms with van der Waals surface area (Å²) in [5, 5.41) is 1.76. The molecule has 0 aliphatic carbocycles. The van der Waals surface area contributed by atoms with E-state index in [0.717, 1.165) is 5.75 Å². The zero-order valence-corrected chi connectivity index (χ0v) is 16.3. The summed E-state index contributed by atoms with van der Waals surface area (Å²) in [7, 11) is 0. The molecule has 0 spiro atoms. The maximum absolute atomic E-state index is 13.1. The third kappa shape index (κ3) is 3.94. The Labute approximate surface area is 165 Å². The van der Waals surface area contributed by atoms with Gasteiger partial charge in [0.15, 0.2) is 5.16 Å². The molecule has 2 heterocycles. The van der Waals surface area contributed by atoms with Gasteiger partial charge in [-0.15, -0.1) is 0 Å². The topological polar surface area (TPSA) is 48.0 Å². The van der Waals surface area contributed by atoms with E-state index >= 15 is 0 Å². The number of furan rings is 1. The molecule has 0 unspecified atom stereocenters. The minimum atomic E-state index is -0.0974. The largest absolute Gasteiger partial charge is 0.467 e. The van der Waals surface area contributed by atoms with Crippen molar-refractivity contribution in [3.63, 3.8) is 0 Å². The predicted molar refractivity (Wildman–Crippen MR) is 110 cm³/mol. The van der Waals surface area contributed by atoms with E-state index in [1.165, 1.54) is 22.9 Å². The fraction of sp³-hybridized carbons (Fsp3) is 0.143. The van der Waals surface area contributed by atoms with Gasteiger partial charge in [-0.05, 0) is 42.8 Å². The lowest BCUT2D eigenvalue weighted by Gasteiger charge is -2.12. The molecule has 0 saturated carbocycles. The summed E-state index contributed by atoms with van der Waals surface area (Å²) < 4.78 is 7.10. The van der Waals surface area contributed by atoms with Crippen molar-refractivity contribution >= 4 is 34.3 Å². The first kappa shape index (κ1) is 17.9. The first-order valence-corrected chi connectivity index (χ1v) is 9.87. The van der Waals surface area contributed by atoms with Gasteiger partial charge < -0.3 is 4.42 Å². The highest BCUT2D eigenvalue weighted by Gasteiger charge is 2.14. The molecule has 0 fully saturated rings. The molecule has 4 aromatic rings. The van der Waals surface area contributed by atoms with Crippen molar-refractivity contribution in [2.24, 2.45) is 0 Å². The average Bonchev–Trinajstić information content (AvgIpc) is 3.16. The van der Waals surface area contributed by atoms with Crippen LogP contribution in [0.1, 0.15) is 16.9 Å². The number of aryl methyl sites for hydroxylation is 1. The van der Waals surface area contributed by atoms with Crippen LogP contribution in [0.5, 0.6) is 0 Å². The molecule has 27 heavy (non-hydrogen) atoms. The molecule has 0 atom stereocenters. The van der Waals surface area contributed by atoms with Gasteiger partial charge in [-0.25, -0.2) is 4.98 Å². The summed E-state index contributed by atoms with van der Waals surface area (Å²) in [4.78, 5) is 17.8. The van der Waals surface area contributed by atoms with Crippen LogP contribution in [0.3, 0.4) is 0 Å². The Hall–Kier alpha value is -2.50. The van der Waals surface area contributed by atoms with Gasteiger partial charge in [0.25, 0.3) is 5.56 Å². The van der Waals surface area contributed by atoms with Gasteiger partial charge >= 0.3 is 0 Å². The second-order valence-electron chi connectivity index (χ2n) is 6.30. The summed E-state index contributed by atoms with van der Waals surface area (Å²) in [6, 6.07) is 17.1. The Kier molecular flexibility index (Phi) is 5.05. The van der Waals surface area contributed by atoms with Crippen molar-refractivity contribution in [2.75, 3.05) is 0 Å². The maximum atomic E-state index is 13.1. The lowest BCUT2D eigenvalue weighted by molar-refractivity contribution is 0.476. The minimum absolute atomic E-state index is 0.0974. The smallest absolute Gasteiger partial charge is 0.262 e. The van der Waals surface area contributed by atoms with E-state index in [2.05, 4.69) is 25.1 Å². The Morgan fingerprint density at radius 3 is 2.81 bits per heavy atom. The van der Waals surface area contributed by atoms with Crippen LogP contribution in [0.25, 0.3) is 10.9 Å². The highest BCUT2D eigenvalue weighted by Crippen LogP contribution is 2.24. The van der Waals surface area contributed by atoms with Crippen LogP contribution in [-0.4, -0.2) is 9.55 Å². The van der Waals surface area contributed by atoms with Crippen molar-refractivity contribution < 1.29 is 4.42 Å². The van der Waals surface area contributed by atoms with Crippen LogP contribution in [-0.2, 0) is 12.3 Å². The zero-order valence-electron chi connectivity index (χ0n) is 14.7. The maximum Gasteiger partial charge on any atom is 0.262 e. The van der Waals surface area contributed by atoms with Crippen LogP contribution in [0.15, 0.2) is 75.2 Å². The first-order chi connectivity index (χ1) is 13.1. The monoisotopic (exact) mass is 396 g/mol. The lowest BCUT2D eigenvalue weighted by atomic mass is 10.2. The van der Waals surface area contributed by atoms with Crippen molar-refractivity contribution in [2.45, 2.75) is 24.4 Å². The van der Waals surface area contributed by atoms with Gasteiger partial charge in [-0.3, -0.25) is 9.36 Å². The molecule has 4 rings (SSSR count). The summed E-state index contributed by atoms with van der Waals surface area (Å²) in [5.41, 5.74) is 2.90. The molecule has 2 aromatic heterocycles. The van der Waals surface area contributed by atoms with Crippen LogP contribution in [0.4, 0.5) is 0 Å². The molecule has 4 nitrogen and oxygen atoms in total. The summed E-state index contributed by atoms with van der Waals surface area (Å²) in [5.74, 6) is 1.43. The molecule has 0 N–H and O–H groups in total. The van der Waals surface area contributed by atoms with Crippen molar-refractivity contribution in [3.05, 3.63) is 93.1 Å². The number of benzene rings is 2. The quantitative estimate of drug-likeness (QED) is 0.339. The first-order valence-electron chi connectivity index (χ1n) is 8.51. The third-order valence-electron chi connectivity index (χ3n) is 4.23. The van der Waals surface area contributed by atoms with Crippen molar-refractivity contribution in [3.8, 4) is 0 Å². The summed E-state index contributed by atoms with van der Waals surface area (Å²) in [6.45, 7) is 2.41. The Morgan fingerprint density at radius 1 is 1.15 bits per heavy atom. The average molecular weight is 397 g/mol. The van der Waals surface area contributed by atoms with E-state index in [1.54, 1.807) is 29.0 Å². The van der Waals surface area contributed by atoms with Crippen LogP contribution >= 0.6 is 23.4 Å². The Morgan fingerprint density at radius 2 is 2.04 bits per heavy atom. The molecule has 0 radical (unpaired) electrons. The molecule has 0 saturated heterocycles. The fourth-order valence-corrected chi connectivity index (χ4v) is 4.04. The van der Waals surface area contributed by atoms with E-state index < -0.39 is 0 Å². The number of hydrogen-bond donors (Lipinski definition) is 0. The van der Waals surface area contributed by atoms with Gasteiger partial charge in [0.05, 0.1) is 23.7 Å². The van der Waals surface area contributed by atoms with Crippen molar-refractivity contribution in [1.29, 1.82) is 0 Å². The van der Waals surface area contributed by atoms with Gasteiger partial charge in [-0.1, -0.05) is 53.2 Å². The van der Waals surface area contributed by atoms with E-state index in [-0.39, 0.29) is 5.56 Å². The third-order valence-corrected chi connectivity index (χ3v) is 5.51. The summed E-state index contributed by atoms with van der Waals surface area (Å²) in [6.07, 6.45) is 1.61. The van der Waals surface area contributed by atoms with Crippen LogP contribution in [0, 0.1) is 6.92 Å². The van der Waals surface area contributed by atoms with Crippen molar-refractivity contribution in [1.82, 2.24) is 9.55 Å². The van der Waals surface area contributed by atoms with E-state index in [4.69, 9.17) is 21.0 Å². The van der Waals surface area contributed by atoms with Gasteiger partial charge in [-0.2, -0.15) is 0 Å². The zero-order chi connectivity index (χ0) is 18.8. The number of aromatic nitrogens is 2. The van der Waals surface area contributed by atoms with E-state index in [1.807, 2.05) is 18.2 Å². The second kappa shape index (κ2) is 7.62. The number of rotatable bonds is 5. The fourth-order valence-electron chi connectivity index (χ4n) is 2.93. The van der Waals surface area contributed by atoms with Gasteiger partial charge in [0.1, 0.15) is 5.76 Å². The molecular weight excluding hydrogens is 380 g/mol. The predicted octanol–water partition coefficient (Wildman–Crippen LogP) is 5.29. The summed E-state index contributed by atoms with van der Waals surface area (Å²) >= 11 is 7.63. The molecule has 0 aliphatic heterocycles. The van der Waals surface area contributed by atoms with Gasteiger partial charge in [0, 0.05) is 10.8 Å². The van der Waals surface area contributed by atoms with E-state index in [0.29, 0.717) is 33.4 Å². The van der Waals surface area contributed by atoms with Crippen LogP contribution in [0.2, 0.25) is 5.02 Å². The lowest BCUT2D eigenvalue weighted by Crippen LogP contribution is -2.23. The molecule has 2 aromatic carbocycles. The molecule has 6 heteroatoms. The highest BCUT2D eigenvalue weighted by atomic mass is 35.5. The van der Waals surface area contributed by atoms with Gasteiger partial charge in [0.2, 0.25) is 0 Å². The Bertz CT molecular complexity index is 1150. The normalized spacial score (nSPS) is 11.2. The molecule has 0 amide bonds. The number of fused-ring (bicyclic) bond motifs is 1. The standard InChI is InChI=1S/C21H17ClN2O2S/c1-14-4-2-5-15(10-14)13-27-21-23-19-11-16(22)7-8-18(19)20(25)24(21)12-17-6-3-9-26-17/h2-11H,12-13H2,1H3. The molecular formula is C21H17ClN2O2S. The molecule has 0 bridgehead atoms. The SMILES string of the molecule is Cc1cccc(CSc2nc3cc(Cl)ccc3c(=O)n2Cc2ccco2)c1. The second-order valence-corrected chi connectivity index (χ2v) is 7.68. The number of nitrogens with zero attached hydrogens (tertiary/aromatic N) is 2. The van der Waals surface area contributed by atoms with E-state index in [9.17, 15) is 4.79 Å². The number of halogens is 1. The number of hydrogen-bond acceptors (Lipinski definition) is 4. The molecule has 0 aliphatic rings. The molecule has 136 valence electrons.